The third kappa shape index (κ3) is 3.54. The van der Waals surface area contributed by atoms with Gasteiger partial charge in [-0.15, -0.1) is 0 Å². The minimum absolute atomic E-state index is 0.0497. The van der Waals surface area contributed by atoms with Crippen molar-refractivity contribution in [2.24, 2.45) is 0 Å². The molecule has 0 aliphatic carbocycles. The van der Waals surface area contributed by atoms with Crippen LogP contribution < -0.4 is 4.90 Å². The van der Waals surface area contributed by atoms with E-state index in [2.05, 4.69) is 35.9 Å². The maximum Gasteiger partial charge on any atom is 0.244 e. The van der Waals surface area contributed by atoms with Crippen molar-refractivity contribution >= 4 is 39.4 Å². The van der Waals surface area contributed by atoms with E-state index in [9.17, 15) is 4.79 Å². The molecule has 0 aromatic carbocycles. The van der Waals surface area contributed by atoms with E-state index in [1.807, 2.05) is 18.7 Å². The lowest BCUT2D eigenvalue weighted by Gasteiger charge is -2.34. The SMILES string of the molecule is Cc1nn(CC(=O)N2CCN(c3ncc(Br)cn3)CC2)c(C)c1Cl. The van der Waals surface area contributed by atoms with Crippen molar-refractivity contribution in [1.82, 2.24) is 24.6 Å². The molecule has 9 heteroatoms. The second-order valence-electron chi connectivity index (χ2n) is 5.71. The highest BCUT2D eigenvalue weighted by atomic mass is 79.9. The molecule has 1 aliphatic heterocycles. The molecule has 3 heterocycles. The van der Waals surface area contributed by atoms with Gasteiger partial charge >= 0.3 is 0 Å². The molecule has 1 aliphatic rings. The Morgan fingerprint density at radius 2 is 1.83 bits per heavy atom. The molecule has 0 unspecified atom stereocenters. The second kappa shape index (κ2) is 7.06. The summed E-state index contributed by atoms with van der Waals surface area (Å²) < 4.78 is 2.52. The molecular weight excluding hydrogens is 396 g/mol. The number of nitrogens with zero attached hydrogens (tertiary/aromatic N) is 6. The van der Waals surface area contributed by atoms with Gasteiger partial charge < -0.3 is 9.80 Å². The van der Waals surface area contributed by atoms with Gasteiger partial charge in [-0.05, 0) is 29.8 Å². The van der Waals surface area contributed by atoms with Crippen molar-refractivity contribution in [3.05, 3.63) is 33.3 Å². The highest BCUT2D eigenvalue weighted by Crippen LogP contribution is 2.19. The molecule has 1 amide bonds. The lowest BCUT2D eigenvalue weighted by molar-refractivity contribution is -0.132. The summed E-state index contributed by atoms with van der Waals surface area (Å²) in [7, 11) is 0. The van der Waals surface area contributed by atoms with Gasteiger partial charge in [-0.2, -0.15) is 5.10 Å². The summed E-state index contributed by atoms with van der Waals surface area (Å²) in [5, 5.41) is 4.94. The van der Waals surface area contributed by atoms with Gasteiger partial charge in [0, 0.05) is 38.6 Å². The number of aryl methyl sites for hydroxylation is 1. The van der Waals surface area contributed by atoms with Crippen LogP contribution >= 0.6 is 27.5 Å². The lowest BCUT2D eigenvalue weighted by Crippen LogP contribution is -2.50. The van der Waals surface area contributed by atoms with Crippen LogP contribution in [0.5, 0.6) is 0 Å². The van der Waals surface area contributed by atoms with E-state index in [1.165, 1.54) is 0 Å². The van der Waals surface area contributed by atoms with Crippen molar-refractivity contribution < 1.29 is 4.79 Å². The van der Waals surface area contributed by atoms with Crippen LogP contribution in [0, 0.1) is 13.8 Å². The number of anilines is 1. The van der Waals surface area contributed by atoms with Crippen molar-refractivity contribution in [2.45, 2.75) is 20.4 Å². The number of rotatable bonds is 3. The summed E-state index contributed by atoms with van der Waals surface area (Å²) in [5.41, 5.74) is 1.57. The fraction of sp³-hybridized carbons (Fsp3) is 0.467. The van der Waals surface area contributed by atoms with Crippen LogP contribution in [-0.4, -0.2) is 56.7 Å². The topological polar surface area (TPSA) is 67.2 Å². The Kier molecular flexibility index (Phi) is 5.05. The number of aromatic nitrogens is 4. The van der Waals surface area contributed by atoms with Crippen LogP contribution in [0.4, 0.5) is 5.95 Å². The molecule has 0 atom stereocenters. The van der Waals surface area contributed by atoms with Crippen LogP contribution in [0.25, 0.3) is 0 Å². The van der Waals surface area contributed by atoms with E-state index in [4.69, 9.17) is 11.6 Å². The predicted octanol–water partition coefficient (Wildman–Crippen LogP) is 2.05. The normalized spacial score (nSPS) is 15.0. The minimum Gasteiger partial charge on any atom is -0.338 e. The van der Waals surface area contributed by atoms with E-state index in [0.29, 0.717) is 37.1 Å². The molecule has 0 N–H and O–H groups in total. The summed E-state index contributed by atoms with van der Waals surface area (Å²) in [6, 6.07) is 0. The van der Waals surface area contributed by atoms with Crippen molar-refractivity contribution in [3.63, 3.8) is 0 Å². The van der Waals surface area contributed by atoms with Crippen molar-refractivity contribution in [1.29, 1.82) is 0 Å². The van der Waals surface area contributed by atoms with Gasteiger partial charge in [-0.1, -0.05) is 11.6 Å². The molecule has 0 spiro atoms. The molecule has 3 rings (SSSR count). The molecule has 0 bridgehead atoms. The maximum absolute atomic E-state index is 12.5. The molecule has 1 saturated heterocycles. The highest BCUT2D eigenvalue weighted by molar-refractivity contribution is 9.10. The van der Waals surface area contributed by atoms with E-state index in [1.54, 1.807) is 17.1 Å². The fourth-order valence-electron chi connectivity index (χ4n) is 2.68. The van der Waals surface area contributed by atoms with Gasteiger partial charge in [0.2, 0.25) is 11.9 Å². The standard InChI is InChI=1S/C15H18BrClN6O/c1-10-14(17)11(2)23(20-10)9-13(24)21-3-5-22(6-4-21)15-18-7-12(16)8-19-15/h7-8H,3-6,9H2,1-2H3. The second-order valence-corrected chi connectivity index (χ2v) is 7.01. The van der Waals surface area contributed by atoms with Gasteiger partial charge in [0.1, 0.15) is 6.54 Å². The molecule has 24 heavy (non-hydrogen) atoms. The summed E-state index contributed by atoms with van der Waals surface area (Å²) in [4.78, 5) is 25.0. The van der Waals surface area contributed by atoms with Crippen molar-refractivity contribution in [2.75, 3.05) is 31.1 Å². The Hall–Kier alpha value is -1.67. The van der Waals surface area contributed by atoms with Gasteiger partial charge in [0.25, 0.3) is 0 Å². The highest BCUT2D eigenvalue weighted by Gasteiger charge is 2.23. The van der Waals surface area contributed by atoms with Crippen LogP contribution in [0.2, 0.25) is 5.02 Å². The smallest absolute Gasteiger partial charge is 0.244 e. The average Bonchev–Trinajstić information content (AvgIpc) is 2.83. The molecular formula is C15H18BrClN6O. The van der Waals surface area contributed by atoms with Gasteiger partial charge in [-0.25, -0.2) is 9.97 Å². The van der Waals surface area contributed by atoms with Crippen molar-refractivity contribution in [3.8, 4) is 0 Å². The lowest BCUT2D eigenvalue weighted by atomic mass is 10.3. The quantitative estimate of drug-likeness (QED) is 0.770. The molecule has 2 aromatic heterocycles. The number of hydrogen-bond donors (Lipinski definition) is 0. The summed E-state index contributed by atoms with van der Waals surface area (Å²) in [6.45, 7) is 6.65. The first-order valence-electron chi connectivity index (χ1n) is 7.65. The number of amides is 1. The Bertz CT molecular complexity index is 739. The Morgan fingerprint density at radius 1 is 1.21 bits per heavy atom. The van der Waals surface area contributed by atoms with Crippen LogP contribution in [0.1, 0.15) is 11.4 Å². The minimum atomic E-state index is 0.0497. The monoisotopic (exact) mass is 412 g/mol. The van der Waals surface area contributed by atoms with Crippen LogP contribution in [0.3, 0.4) is 0 Å². The zero-order valence-electron chi connectivity index (χ0n) is 13.5. The zero-order chi connectivity index (χ0) is 17.3. The maximum atomic E-state index is 12.5. The fourth-order valence-corrected chi connectivity index (χ4v) is 3.02. The summed E-state index contributed by atoms with van der Waals surface area (Å²) in [6.07, 6.45) is 3.46. The predicted molar refractivity (Wildman–Crippen MR) is 95.2 cm³/mol. The Morgan fingerprint density at radius 3 is 2.38 bits per heavy atom. The first-order valence-corrected chi connectivity index (χ1v) is 8.82. The van der Waals surface area contributed by atoms with E-state index < -0.39 is 0 Å². The third-order valence-electron chi connectivity index (χ3n) is 4.10. The Balaban J connectivity index is 1.59. The zero-order valence-corrected chi connectivity index (χ0v) is 15.9. The van der Waals surface area contributed by atoms with Crippen LogP contribution in [-0.2, 0) is 11.3 Å². The van der Waals surface area contributed by atoms with E-state index in [0.717, 1.165) is 15.9 Å². The average molecular weight is 414 g/mol. The molecule has 0 saturated carbocycles. The Labute approximate surface area is 153 Å². The molecule has 7 nitrogen and oxygen atoms in total. The van der Waals surface area contributed by atoms with Gasteiger partial charge in [0.15, 0.2) is 0 Å². The number of halogens is 2. The molecule has 128 valence electrons. The largest absolute Gasteiger partial charge is 0.338 e. The number of hydrogen-bond acceptors (Lipinski definition) is 5. The first kappa shape index (κ1) is 17.2. The summed E-state index contributed by atoms with van der Waals surface area (Å²) in [5.74, 6) is 0.740. The molecule has 2 aromatic rings. The van der Waals surface area contributed by atoms with E-state index in [-0.39, 0.29) is 12.5 Å². The first-order chi connectivity index (χ1) is 11.5. The molecule has 0 radical (unpaired) electrons. The van der Waals surface area contributed by atoms with Gasteiger partial charge in [-0.3, -0.25) is 9.48 Å². The third-order valence-corrected chi connectivity index (χ3v) is 5.06. The van der Waals surface area contributed by atoms with E-state index >= 15 is 0 Å². The summed E-state index contributed by atoms with van der Waals surface area (Å²) >= 11 is 9.46. The number of carbonyl (C=O) groups excluding carboxylic acids is 1. The number of piperazine rings is 1. The number of carbonyl (C=O) groups is 1. The molecule has 1 fully saturated rings. The van der Waals surface area contributed by atoms with Gasteiger partial charge in [0.05, 0.1) is 20.9 Å². The van der Waals surface area contributed by atoms with Crippen LogP contribution in [0.15, 0.2) is 16.9 Å².